The molecular formula is C20H31N3. The average molecular weight is 313 g/mol. The van der Waals surface area contributed by atoms with Gasteiger partial charge in [0.25, 0.3) is 0 Å². The number of likely N-dealkylation sites (N-methyl/N-ethyl adjacent to an activating group) is 1. The van der Waals surface area contributed by atoms with Gasteiger partial charge in [-0.05, 0) is 58.3 Å². The second-order valence-electron chi connectivity index (χ2n) is 7.18. The summed E-state index contributed by atoms with van der Waals surface area (Å²) in [5.41, 5.74) is 1.28. The molecule has 3 heteroatoms. The number of nitrogens with one attached hydrogen (secondary N) is 1. The van der Waals surface area contributed by atoms with Crippen LogP contribution in [0, 0.1) is 11.3 Å². The monoisotopic (exact) mass is 313 g/mol. The Bertz CT molecular complexity index is 509. The van der Waals surface area contributed by atoms with Crippen LogP contribution >= 0.6 is 0 Å². The molecule has 1 aliphatic carbocycles. The highest BCUT2D eigenvalue weighted by Crippen LogP contribution is 2.43. The van der Waals surface area contributed by atoms with Crippen LogP contribution in [0.2, 0.25) is 0 Å². The van der Waals surface area contributed by atoms with Crippen LogP contribution in [0.3, 0.4) is 0 Å². The molecule has 0 radical (unpaired) electrons. The Morgan fingerprint density at radius 2 is 1.83 bits per heavy atom. The van der Waals surface area contributed by atoms with Gasteiger partial charge in [0.15, 0.2) is 0 Å². The minimum atomic E-state index is -0.333. The quantitative estimate of drug-likeness (QED) is 0.834. The van der Waals surface area contributed by atoms with Crippen LogP contribution in [0.25, 0.3) is 0 Å². The van der Waals surface area contributed by atoms with Gasteiger partial charge in [0.1, 0.15) is 5.54 Å². The molecule has 0 atom stereocenters. The van der Waals surface area contributed by atoms with Crippen LogP contribution in [0.1, 0.15) is 51.0 Å². The fraction of sp³-hybridized carbons (Fsp3) is 0.650. The molecule has 0 heterocycles. The first-order chi connectivity index (χ1) is 11.1. The topological polar surface area (TPSA) is 39.1 Å². The summed E-state index contributed by atoms with van der Waals surface area (Å²) in [7, 11) is 4.16. The maximum atomic E-state index is 9.56. The molecule has 1 aliphatic rings. The molecule has 1 N–H and O–H groups in total. The van der Waals surface area contributed by atoms with Gasteiger partial charge in [-0.1, -0.05) is 43.7 Å². The van der Waals surface area contributed by atoms with Crippen molar-refractivity contribution >= 4 is 0 Å². The molecule has 0 spiro atoms. The Hall–Kier alpha value is -1.37. The predicted octanol–water partition coefficient (Wildman–Crippen LogP) is 3.71. The van der Waals surface area contributed by atoms with Gasteiger partial charge >= 0.3 is 0 Å². The summed E-state index contributed by atoms with van der Waals surface area (Å²) in [5.74, 6) is 0. The highest BCUT2D eigenvalue weighted by Gasteiger charge is 2.43. The van der Waals surface area contributed by atoms with Crippen molar-refractivity contribution in [3.8, 4) is 6.07 Å². The van der Waals surface area contributed by atoms with Crippen molar-refractivity contribution in [1.29, 1.82) is 5.26 Å². The van der Waals surface area contributed by atoms with E-state index >= 15 is 0 Å². The van der Waals surface area contributed by atoms with E-state index in [1.165, 1.54) is 18.4 Å². The third kappa shape index (κ3) is 4.13. The Balaban J connectivity index is 2.20. The lowest BCUT2D eigenvalue weighted by Crippen LogP contribution is -2.51. The molecular weight excluding hydrogens is 282 g/mol. The second-order valence-corrected chi connectivity index (χ2v) is 7.18. The molecule has 2 rings (SSSR count). The largest absolute Gasteiger partial charge is 0.305 e. The molecule has 23 heavy (non-hydrogen) atoms. The minimum Gasteiger partial charge on any atom is -0.305 e. The molecule has 0 amide bonds. The number of hydrogen-bond donors (Lipinski definition) is 1. The summed E-state index contributed by atoms with van der Waals surface area (Å²) < 4.78 is 0. The van der Waals surface area contributed by atoms with Crippen LogP contribution in [0.4, 0.5) is 0 Å². The Labute approximate surface area is 141 Å². The number of unbranched alkanes of at least 4 members (excludes halogenated alkanes) is 1. The molecule has 1 saturated carbocycles. The second kappa shape index (κ2) is 7.95. The SMILES string of the molecule is CCCCN(C)CC1(c2ccccc2)CCC(C#N)(NC)CC1. The van der Waals surface area contributed by atoms with E-state index in [1.807, 2.05) is 7.05 Å². The minimum absolute atomic E-state index is 0.181. The summed E-state index contributed by atoms with van der Waals surface area (Å²) in [6.45, 7) is 4.48. The fourth-order valence-corrected chi connectivity index (χ4v) is 3.93. The Morgan fingerprint density at radius 1 is 1.17 bits per heavy atom. The van der Waals surface area contributed by atoms with Gasteiger partial charge in [-0.25, -0.2) is 0 Å². The van der Waals surface area contributed by atoms with Gasteiger partial charge in [-0.15, -0.1) is 0 Å². The summed E-state index contributed by atoms with van der Waals surface area (Å²) in [6.07, 6.45) is 6.48. The highest BCUT2D eigenvalue weighted by molar-refractivity contribution is 5.29. The molecule has 0 aromatic heterocycles. The van der Waals surface area contributed by atoms with Crippen molar-refractivity contribution in [2.45, 2.75) is 56.4 Å². The van der Waals surface area contributed by atoms with E-state index in [0.29, 0.717) is 0 Å². The summed E-state index contributed by atoms with van der Waals surface area (Å²) in [6, 6.07) is 13.4. The van der Waals surface area contributed by atoms with Gasteiger partial charge in [-0.2, -0.15) is 5.26 Å². The standard InChI is InChI=1S/C20H31N3/c1-4-5-15-23(3)17-19(18-9-7-6-8-10-18)11-13-20(16-21,22-2)14-12-19/h6-10,22H,4-5,11-15,17H2,1-3H3. The zero-order valence-electron chi connectivity index (χ0n) is 14.9. The molecule has 0 bridgehead atoms. The van der Waals surface area contributed by atoms with E-state index in [1.54, 1.807) is 0 Å². The molecule has 1 aromatic rings. The van der Waals surface area contributed by atoms with Crippen molar-refractivity contribution < 1.29 is 0 Å². The van der Waals surface area contributed by atoms with Crippen molar-refractivity contribution in [3.05, 3.63) is 35.9 Å². The molecule has 1 fully saturated rings. The summed E-state index contributed by atoms with van der Waals surface area (Å²) >= 11 is 0. The zero-order chi connectivity index (χ0) is 16.8. The number of rotatable bonds is 7. The first-order valence-electron chi connectivity index (χ1n) is 8.94. The lowest BCUT2D eigenvalue weighted by molar-refractivity contribution is 0.156. The van der Waals surface area contributed by atoms with E-state index in [2.05, 4.69) is 60.6 Å². The summed E-state index contributed by atoms with van der Waals surface area (Å²) in [4.78, 5) is 2.48. The van der Waals surface area contributed by atoms with Gasteiger partial charge < -0.3 is 10.2 Å². The van der Waals surface area contributed by atoms with Crippen molar-refractivity contribution in [2.24, 2.45) is 0 Å². The van der Waals surface area contributed by atoms with Crippen molar-refractivity contribution in [2.75, 3.05) is 27.2 Å². The van der Waals surface area contributed by atoms with Crippen LogP contribution in [-0.2, 0) is 5.41 Å². The Kier molecular flexibility index (Phi) is 6.21. The molecule has 126 valence electrons. The van der Waals surface area contributed by atoms with Crippen LogP contribution < -0.4 is 5.32 Å². The van der Waals surface area contributed by atoms with Crippen LogP contribution in [0.15, 0.2) is 30.3 Å². The van der Waals surface area contributed by atoms with Gasteiger partial charge in [-0.3, -0.25) is 0 Å². The van der Waals surface area contributed by atoms with E-state index < -0.39 is 0 Å². The summed E-state index contributed by atoms with van der Waals surface area (Å²) in [5, 5.41) is 12.8. The van der Waals surface area contributed by atoms with Crippen molar-refractivity contribution in [1.82, 2.24) is 10.2 Å². The molecule has 3 nitrogen and oxygen atoms in total. The number of benzene rings is 1. The Morgan fingerprint density at radius 3 is 2.35 bits per heavy atom. The van der Waals surface area contributed by atoms with E-state index in [9.17, 15) is 5.26 Å². The van der Waals surface area contributed by atoms with E-state index in [4.69, 9.17) is 0 Å². The first-order valence-corrected chi connectivity index (χ1v) is 8.94. The molecule has 0 saturated heterocycles. The third-order valence-electron chi connectivity index (χ3n) is 5.61. The average Bonchev–Trinajstić information content (AvgIpc) is 2.61. The normalized spacial score (nSPS) is 27.8. The molecule has 0 aliphatic heterocycles. The lowest BCUT2D eigenvalue weighted by Gasteiger charge is -2.45. The highest BCUT2D eigenvalue weighted by atomic mass is 15.1. The number of nitriles is 1. The fourth-order valence-electron chi connectivity index (χ4n) is 3.93. The van der Waals surface area contributed by atoms with Crippen molar-refractivity contribution in [3.63, 3.8) is 0 Å². The maximum Gasteiger partial charge on any atom is 0.106 e. The number of hydrogen-bond acceptors (Lipinski definition) is 3. The third-order valence-corrected chi connectivity index (χ3v) is 5.61. The smallest absolute Gasteiger partial charge is 0.106 e. The molecule has 1 aromatic carbocycles. The van der Waals surface area contributed by atoms with Crippen LogP contribution in [-0.4, -0.2) is 37.6 Å². The van der Waals surface area contributed by atoms with E-state index in [-0.39, 0.29) is 11.0 Å². The molecule has 0 unspecified atom stereocenters. The predicted molar refractivity (Wildman–Crippen MR) is 96.4 cm³/mol. The van der Waals surface area contributed by atoms with Gasteiger partial charge in [0, 0.05) is 12.0 Å². The lowest BCUT2D eigenvalue weighted by atomic mass is 9.64. The number of nitrogens with zero attached hydrogens (tertiary/aromatic N) is 2. The van der Waals surface area contributed by atoms with Gasteiger partial charge in [0.2, 0.25) is 0 Å². The van der Waals surface area contributed by atoms with E-state index in [0.717, 1.165) is 38.8 Å². The zero-order valence-corrected chi connectivity index (χ0v) is 14.9. The van der Waals surface area contributed by atoms with Crippen LogP contribution in [0.5, 0.6) is 0 Å². The first kappa shape index (κ1) is 18.0. The van der Waals surface area contributed by atoms with Gasteiger partial charge in [0.05, 0.1) is 6.07 Å². The maximum absolute atomic E-state index is 9.56.